The lowest BCUT2D eigenvalue weighted by atomic mass is 10.1. The van der Waals surface area contributed by atoms with Gasteiger partial charge in [0.15, 0.2) is 5.16 Å². The summed E-state index contributed by atoms with van der Waals surface area (Å²) < 4.78 is 1.82. The number of hydrogen-bond donors (Lipinski definition) is 1. The molecule has 0 aliphatic heterocycles. The first kappa shape index (κ1) is 18.5. The number of amides is 1. The largest absolute Gasteiger partial charge is 0.351 e. The minimum absolute atomic E-state index is 0.0482. The fourth-order valence-electron chi connectivity index (χ4n) is 2.44. The molecule has 1 amide bonds. The molecule has 3 aromatic rings. The average molecular weight is 387 g/mol. The fraction of sp³-hybridized carbons (Fsp3) is 0.211. The zero-order valence-corrected chi connectivity index (χ0v) is 16.1. The number of benzene rings is 2. The van der Waals surface area contributed by atoms with Crippen LogP contribution in [0.25, 0.3) is 5.69 Å². The molecule has 0 spiro atoms. The Morgan fingerprint density at radius 3 is 2.85 bits per heavy atom. The number of rotatable bonds is 6. The third kappa shape index (κ3) is 4.65. The first-order chi connectivity index (χ1) is 12.5. The molecule has 7 heteroatoms. The summed E-state index contributed by atoms with van der Waals surface area (Å²) in [5, 5.41) is 12.3. The van der Waals surface area contributed by atoms with Gasteiger partial charge in [-0.05, 0) is 37.1 Å². The Morgan fingerprint density at radius 2 is 2.08 bits per heavy atom. The molecule has 0 fully saturated rings. The fourth-order valence-corrected chi connectivity index (χ4v) is 3.37. The van der Waals surface area contributed by atoms with Gasteiger partial charge in [0.2, 0.25) is 5.91 Å². The zero-order chi connectivity index (χ0) is 18.5. The van der Waals surface area contributed by atoms with Crippen molar-refractivity contribution in [3.8, 4) is 5.69 Å². The highest BCUT2D eigenvalue weighted by molar-refractivity contribution is 7.99. The van der Waals surface area contributed by atoms with Crippen LogP contribution in [0.3, 0.4) is 0 Å². The molecule has 0 aliphatic carbocycles. The number of nitrogens with zero attached hydrogens (tertiary/aromatic N) is 3. The van der Waals surface area contributed by atoms with Gasteiger partial charge in [0.1, 0.15) is 6.33 Å². The van der Waals surface area contributed by atoms with Crippen molar-refractivity contribution < 1.29 is 4.79 Å². The Morgan fingerprint density at radius 1 is 1.23 bits per heavy atom. The van der Waals surface area contributed by atoms with Gasteiger partial charge in [-0.2, -0.15) is 0 Å². The summed E-state index contributed by atoms with van der Waals surface area (Å²) in [4.78, 5) is 12.1. The highest BCUT2D eigenvalue weighted by Gasteiger charge is 2.11. The van der Waals surface area contributed by atoms with Crippen LogP contribution in [-0.4, -0.2) is 26.4 Å². The minimum Gasteiger partial charge on any atom is -0.351 e. The van der Waals surface area contributed by atoms with Crippen molar-refractivity contribution in [2.24, 2.45) is 0 Å². The van der Waals surface area contributed by atoms with Crippen LogP contribution in [0.4, 0.5) is 0 Å². The molecule has 0 unspecified atom stereocenters. The molecule has 0 saturated carbocycles. The highest BCUT2D eigenvalue weighted by atomic mass is 35.5. The summed E-state index contributed by atoms with van der Waals surface area (Å²) in [5.74, 6) is 0.220. The monoisotopic (exact) mass is 386 g/mol. The van der Waals surface area contributed by atoms with Crippen molar-refractivity contribution in [2.75, 3.05) is 5.75 Å². The number of thioether (sulfide) groups is 1. The van der Waals surface area contributed by atoms with Crippen LogP contribution in [0.5, 0.6) is 0 Å². The molecular weight excluding hydrogens is 368 g/mol. The van der Waals surface area contributed by atoms with Gasteiger partial charge in [0.25, 0.3) is 0 Å². The summed E-state index contributed by atoms with van der Waals surface area (Å²) in [6, 6.07) is 13.8. The van der Waals surface area contributed by atoms with Crippen molar-refractivity contribution in [1.29, 1.82) is 0 Å². The van der Waals surface area contributed by atoms with Gasteiger partial charge in [-0.25, -0.2) is 0 Å². The SMILES string of the molecule is Cc1cccc(CNC(=O)CSc2nncn2-c2ccc(C)c(Cl)c2)c1. The summed E-state index contributed by atoms with van der Waals surface area (Å²) in [5.41, 5.74) is 4.14. The molecule has 0 saturated heterocycles. The van der Waals surface area contributed by atoms with Gasteiger partial charge in [-0.3, -0.25) is 9.36 Å². The van der Waals surface area contributed by atoms with Crippen LogP contribution >= 0.6 is 23.4 Å². The van der Waals surface area contributed by atoms with E-state index in [9.17, 15) is 4.79 Å². The number of halogens is 1. The van der Waals surface area contributed by atoms with E-state index in [4.69, 9.17) is 11.6 Å². The Kier molecular flexibility index (Phi) is 5.96. The van der Waals surface area contributed by atoms with Gasteiger partial charge >= 0.3 is 0 Å². The first-order valence-corrected chi connectivity index (χ1v) is 9.51. The maximum Gasteiger partial charge on any atom is 0.230 e. The molecule has 0 radical (unpaired) electrons. The van der Waals surface area contributed by atoms with E-state index < -0.39 is 0 Å². The lowest BCUT2D eigenvalue weighted by Gasteiger charge is -2.08. The van der Waals surface area contributed by atoms with Crippen LogP contribution in [0, 0.1) is 13.8 Å². The number of nitrogens with one attached hydrogen (secondary N) is 1. The maximum absolute atomic E-state index is 12.1. The third-order valence-corrected chi connectivity index (χ3v) is 5.20. The van der Waals surface area contributed by atoms with Crippen LogP contribution in [0.15, 0.2) is 53.9 Å². The van der Waals surface area contributed by atoms with E-state index in [1.807, 2.05) is 54.8 Å². The molecule has 26 heavy (non-hydrogen) atoms. The molecule has 1 heterocycles. The molecule has 5 nitrogen and oxygen atoms in total. The molecular formula is C19H19ClN4OS. The summed E-state index contributed by atoms with van der Waals surface area (Å²) >= 11 is 7.54. The van der Waals surface area contributed by atoms with Gasteiger partial charge in [0, 0.05) is 11.6 Å². The van der Waals surface area contributed by atoms with Gasteiger partial charge in [0.05, 0.1) is 11.4 Å². The zero-order valence-electron chi connectivity index (χ0n) is 14.6. The lowest BCUT2D eigenvalue weighted by Crippen LogP contribution is -2.24. The van der Waals surface area contributed by atoms with Crippen LogP contribution in [0.2, 0.25) is 5.02 Å². The van der Waals surface area contributed by atoms with Crippen molar-refractivity contribution in [3.63, 3.8) is 0 Å². The number of carbonyl (C=O) groups is 1. The van der Waals surface area contributed by atoms with Gasteiger partial charge in [-0.1, -0.05) is 59.3 Å². The first-order valence-electron chi connectivity index (χ1n) is 8.14. The predicted octanol–water partition coefficient (Wildman–Crippen LogP) is 3.95. The molecule has 1 N–H and O–H groups in total. The Balaban J connectivity index is 1.59. The van der Waals surface area contributed by atoms with Crippen molar-refractivity contribution in [1.82, 2.24) is 20.1 Å². The van der Waals surface area contributed by atoms with E-state index in [1.54, 1.807) is 6.33 Å². The van der Waals surface area contributed by atoms with Crippen LogP contribution in [-0.2, 0) is 11.3 Å². The smallest absolute Gasteiger partial charge is 0.230 e. The second kappa shape index (κ2) is 8.38. The summed E-state index contributed by atoms with van der Waals surface area (Å²) in [6.45, 7) is 4.50. The topological polar surface area (TPSA) is 59.8 Å². The highest BCUT2D eigenvalue weighted by Crippen LogP contribution is 2.23. The molecule has 1 aromatic heterocycles. The average Bonchev–Trinajstić information content (AvgIpc) is 3.09. The third-order valence-electron chi connectivity index (χ3n) is 3.85. The van der Waals surface area contributed by atoms with Crippen LogP contribution in [0.1, 0.15) is 16.7 Å². The molecule has 2 aromatic carbocycles. The van der Waals surface area contributed by atoms with Gasteiger partial charge < -0.3 is 5.32 Å². The number of aromatic nitrogens is 3. The number of aryl methyl sites for hydroxylation is 2. The molecule has 0 atom stereocenters. The van der Waals surface area contributed by atoms with E-state index in [-0.39, 0.29) is 11.7 Å². The Hall–Kier alpha value is -2.31. The summed E-state index contributed by atoms with van der Waals surface area (Å²) in [7, 11) is 0. The van der Waals surface area contributed by atoms with Crippen LogP contribution < -0.4 is 5.32 Å². The number of hydrogen-bond acceptors (Lipinski definition) is 4. The summed E-state index contributed by atoms with van der Waals surface area (Å²) in [6.07, 6.45) is 1.62. The van der Waals surface area contributed by atoms with E-state index in [2.05, 4.69) is 21.6 Å². The van der Waals surface area contributed by atoms with E-state index >= 15 is 0 Å². The quantitative estimate of drug-likeness (QED) is 0.652. The second-order valence-corrected chi connectivity index (χ2v) is 7.32. The second-order valence-electron chi connectivity index (χ2n) is 5.97. The number of carbonyl (C=O) groups excluding carboxylic acids is 1. The Bertz CT molecular complexity index is 925. The minimum atomic E-state index is -0.0482. The van der Waals surface area contributed by atoms with E-state index in [1.165, 1.54) is 17.3 Å². The standard InChI is InChI=1S/C19H19ClN4OS/c1-13-4-3-5-15(8-13)10-21-18(25)11-26-19-23-22-12-24(19)16-7-6-14(2)17(20)9-16/h3-9,12H,10-11H2,1-2H3,(H,21,25). The molecule has 134 valence electrons. The van der Waals surface area contributed by atoms with E-state index in [0.717, 1.165) is 16.8 Å². The van der Waals surface area contributed by atoms with Crippen molar-refractivity contribution in [3.05, 3.63) is 70.5 Å². The Labute approximate surface area is 161 Å². The van der Waals surface area contributed by atoms with Crippen molar-refractivity contribution >= 4 is 29.3 Å². The van der Waals surface area contributed by atoms with Gasteiger partial charge in [-0.15, -0.1) is 10.2 Å². The van der Waals surface area contributed by atoms with E-state index in [0.29, 0.717) is 16.7 Å². The maximum atomic E-state index is 12.1. The molecule has 0 aliphatic rings. The van der Waals surface area contributed by atoms with Crippen molar-refractivity contribution in [2.45, 2.75) is 25.5 Å². The normalized spacial score (nSPS) is 10.7. The predicted molar refractivity (Wildman–Crippen MR) is 105 cm³/mol. The molecule has 0 bridgehead atoms. The molecule has 3 rings (SSSR count). The lowest BCUT2D eigenvalue weighted by molar-refractivity contribution is -0.118.